The molecule has 1 aromatic carbocycles. The summed E-state index contributed by atoms with van der Waals surface area (Å²) in [5.41, 5.74) is 1.59. The normalized spacial score (nSPS) is 23.9. The molecule has 6 nitrogen and oxygen atoms in total. The van der Waals surface area contributed by atoms with Gasteiger partial charge in [-0.15, -0.1) is 0 Å². The lowest BCUT2D eigenvalue weighted by atomic mass is 9.76. The van der Waals surface area contributed by atoms with Crippen LogP contribution in [-0.4, -0.2) is 52.5 Å². The molecule has 1 spiro atoms. The van der Waals surface area contributed by atoms with Crippen molar-refractivity contribution in [2.24, 2.45) is 5.41 Å². The highest BCUT2D eigenvalue weighted by Crippen LogP contribution is 2.48. The van der Waals surface area contributed by atoms with Crippen LogP contribution < -0.4 is 0 Å². The first-order valence-corrected chi connectivity index (χ1v) is 12.0. The van der Waals surface area contributed by atoms with Crippen molar-refractivity contribution < 1.29 is 9.32 Å². The topological polar surface area (TPSA) is 62.5 Å². The Labute approximate surface area is 185 Å². The van der Waals surface area contributed by atoms with Crippen molar-refractivity contribution in [1.29, 1.82) is 0 Å². The van der Waals surface area contributed by atoms with Crippen molar-refractivity contribution >= 4 is 5.91 Å². The van der Waals surface area contributed by atoms with Crippen LogP contribution in [0.2, 0.25) is 0 Å². The molecule has 3 fully saturated rings. The first kappa shape index (κ1) is 20.7. The highest BCUT2D eigenvalue weighted by molar-refractivity contribution is 5.76. The molecule has 1 amide bonds. The Bertz CT molecular complexity index is 884. The minimum atomic E-state index is 0.241. The first-order valence-electron chi connectivity index (χ1n) is 12.0. The summed E-state index contributed by atoms with van der Waals surface area (Å²) in [5.74, 6) is 2.50. The molecule has 1 aromatic heterocycles. The maximum Gasteiger partial charge on any atom is 0.229 e. The molecule has 3 aliphatic rings. The Kier molecular flexibility index (Phi) is 5.83. The fourth-order valence-corrected chi connectivity index (χ4v) is 5.60. The molecule has 31 heavy (non-hydrogen) atoms. The number of aromatic nitrogens is 2. The second-order valence-corrected chi connectivity index (χ2v) is 9.97. The van der Waals surface area contributed by atoms with Crippen LogP contribution in [0.15, 0.2) is 34.9 Å². The van der Waals surface area contributed by atoms with Crippen LogP contribution >= 0.6 is 0 Å². The number of hydrogen-bond donors (Lipinski definition) is 0. The summed E-state index contributed by atoms with van der Waals surface area (Å²) in [4.78, 5) is 22.0. The molecule has 5 rings (SSSR count). The Hall–Kier alpha value is -2.21. The minimum absolute atomic E-state index is 0.241. The molecule has 0 N–H and O–H groups in total. The molecule has 0 bridgehead atoms. The van der Waals surface area contributed by atoms with Gasteiger partial charge in [0.15, 0.2) is 5.82 Å². The Morgan fingerprint density at radius 1 is 1.19 bits per heavy atom. The largest absolute Gasteiger partial charge is 0.343 e. The summed E-state index contributed by atoms with van der Waals surface area (Å²) >= 11 is 0. The second-order valence-electron chi connectivity index (χ2n) is 9.97. The van der Waals surface area contributed by atoms with Crippen LogP contribution in [0.25, 0.3) is 0 Å². The number of nitrogens with zero attached hydrogens (tertiary/aromatic N) is 4. The highest BCUT2D eigenvalue weighted by Gasteiger charge is 2.46. The Balaban J connectivity index is 1.12. The average molecular weight is 423 g/mol. The first-order chi connectivity index (χ1) is 15.1. The number of hydrogen-bond acceptors (Lipinski definition) is 5. The van der Waals surface area contributed by atoms with Crippen molar-refractivity contribution in [2.45, 2.75) is 69.7 Å². The molecule has 1 aliphatic carbocycles. The van der Waals surface area contributed by atoms with Gasteiger partial charge in [-0.3, -0.25) is 9.69 Å². The average Bonchev–Trinajstić information content (AvgIpc) is 3.33. The molecule has 1 saturated carbocycles. The van der Waals surface area contributed by atoms with E-state index in [1.165, 1.54) is 24.8 Å². The van der Waals surface area contributed by atoms with Crippen molar-refractivity contribution in [3.05, 3.63) is 47.6 Å². The standard InChI is InChI=1S/C25H34N4O2/c1-28-18-25(17-21(28)23-26-24(31-27-23)20-10-6-11-20)13-15-29(16-14-25)22(30)12-5-9-19-7-3-2-4-8-19/h2-4,7-8,20-21H,5-6,9-18H2,1H3. The number of carbonyl (C=O) groups excluding carboxylic acids is 1. The number of rotatable bonds is 6. The van der Waals surface area contributed by atoms with Crippen LogP contribution in [0.3, 0.4) is 0 Å². The van der Waals surface area contributed by atoms with E-state index in [0.29, 0.717) is 18.2 Å². The summed E-state index contributed by atoms with van der Waals surface area (Å²) in [5, 5.41) is 4.34. The predicted molar refractivity (Wildman–Crippen MR) is 119 cm³/mol. The van der Waals surface area contributed by atoms with Gasteiger partial charge in [0.25, 0.3) is 0 Å². The molecule has 2 aromatic rings. The van der Waals surface area contributed by atoms with Crippen LogP contribution in [0, 0.1) is 5.41 Å². The maximum absolute atomic E-state index is 12.7. The molecular weight excluding hydrogens is 388 g/mol. The number of carbonyl (C=O) groups is 1. The molecule has 166 valence electrons. The van der Waals surface area contributed by atoms with E-state index < -0.39 is 0 Å². The molecule has 2 aliphatic heterocycles. The number of aryl methyl sites for hydroxylation is 1. The Morgan fingerprint density at radius 3 is 2.68 bits per heavy atom. The summed E-state index contributed by atoms with van der Waals surface area (Å²) in [6.45, 7) is 2.82. The monoisotopic (exact) mass is 422 g/mol. The lowest BCUT2D eigenvalue weighted by molar-refractivity contribution is -0.133. The van der Waals surface area contributed by atoms with Crippen molar-refractivity contribution in [3.8, 4) is 0 Å². The molecule has 1 unspecified atom stereocenters. The zero-order chi connectivity index (χ0) is 21.3. The van der Waals surface area contributed by atoms with Gasteiger partial charge in [0.1, 0.15) is 0 Å². The predicted octanol–water partition coefficient (Wildman–Crippen LogP) is 4.35. The van der Waals surface area contributed by atoms with E-state index in [0.717, 1.165) is 63.5 Å². The van der Waals surface area contributed by atoms with E-state index in [-0.39, 0.29) is 11.5 Å². The fraction of sp³-hybridized carbons (Fsp3) is 0.640. The van der Waals surface area contributed by atoms with E-state index in [9.17, 15) is 4.79 Å². The zero-order valence-electron chi connectivity index (χ0n) is 18.6. The van der Waals surface area contributed by atoms with Crippen LogP contribution in [-0.2, 0) is 11.2 Å². The lowest BCUT2D eigenvalue weighted by Crippen LogP contribution is -2.44. The van der Waals surface area contributed by atoms with E-state index in [4.69, 9.17) is 9.51 Å². The van der Waals surface area contributed by atoms with Gasteiger partial charge >= 0.3 is 0 Å². The van der Waals surface area contributed by atoms with E-state index in [2.05, 4.69) is 46.3 Å². The van der Waals surface area contributed by atoms with Crippen molar-refractivity contribution in [1.82, 2.24) is 19.9 Å². The van der Waals surface area contributed by atoms with Gasteiger partial charge in [0.2, 0.25) is 11.8 Å². The van der Waals surface area contributed by atoms with Gasteiger partial charge in [0, 0.05) is 32.0 Å². The number of amides is 1. The van der Waals surface area contributed by atoms with E-state index >= 15 is 0 Å². The second kappa shape index (κ2) is 8.73. The smallest absolute Gasteiger partial charge is 0.229 e. The van der Waals surface area contributed by atoms with E-state index in [1.54, 1.807) is 0 Å². The van der Waals surface area contributed by atoms with Gasteiger partial charge in [-0.2, -0.15) is 4.98 Å². The van der Waals surface area contributed by atoms with Crippen molar-refractivity contribution in [2.75, 3.05) is 26.7 Å². The number of likely N-dealkylation sites (tertiary alicyclic amines) is 2. The third-order valence-electron chi connectivity index (χ3n) is 7.83. The zero-order valence-corrected chi connectivity index (χ0v) is 18.6. The molecule has 6 heteroatoms. The molecular formula is C25H34N4O2. The van der Waals surface area contributed by atoms with Gasteiger partial charge < -0.3 is 9.42 Å². The molecule has 1 atom stereocenters. The summed E-state index contributed by atoms with van der Waals surface area (Å²) in [6, 6.07) is 10.7. The van der Waals surface area contributed by atoms with Crippen LogP contribution in [0.5, 0.6) is 0 Å². The minimum Gasteiger partial charge on any atom is -0.343 e. The van der Waals surface area contributed by atoms with Crippen LogP contribution in [0.1, 0.15) is 80.6 Å². The van der Waals surface area contributed by atoms with Gasteiger partial charge in [-0.1, -0.05) is 41.9 Å². The van der Waals surface area contributed by atoms with Crippen LogP contribution in [0.4, 0.5) is 0 Å². The number of piperidine rings is 1. The molecule has 2 saturated heterocycles. The summed E-state index contributed by atoms with van der Waals surface area (Å²) < 4.78 is 5.58. The summed E-state index contributed by atoms with van der Waals surface area (Å²) in [6.07, 6.45) is 9.41. The van der Waals surface area contributed by atoms with Crippen molar-refractivity contribution in [3.63, 3.8) is 0 Å². The fourth-order valence-electron chi connectivity index (χ4n) is 5.60. The maximum atomic E-state index is 12.7. The Morgan fingerprint density at radius 2 is 1.97 bits per heavy atom. The molecule has 3 heterocycles. The van der Waals surface area contributed by atoms with Gasteiger partial charge in [0.05, 0.1) is 6.04 Å². The van der Waals surface area contributed by atoms with E-state index in [1.807, 2.05) is 6.07 Å². The lowest BCUT2D eigenvalue weighted by Gasteiger charge is -2.39. The third-order valence-corrected chi connectivity index (χ3v) is 7.83. The quantitative estimate of drug-likeness (QED) is 0.693. The summed E-state index contributed by atoms with van der Waals surface area (Å²) in [7, 11) is 2.18. The van der Waals surface area contributed by atoms with Gasteiger partial charge in [-0.05, 0) is 63.0 Å². The highest BCUT2D eigenvalue weighted by atomic mass is 16.5. The molecule has 0 radical (unpaired) electrons. The van der Waals surface area contributed by atoms with Gasteiger partial charge in [-0.25, -0.2) is 0 Å². The third kappa shape index (κ3) is 4.40. The SMILES string of the molecule is CN1CC2(CCN(C(=O)CCCc3ccccc3)CC2)CC1c1noc(C2CCC2)n1. The number of benzene rings is 1.